The molecule has 2 aromatic carbocycles. The second-order valence-electron chi connectivity index (χ2n) is 6.26. The number of thioether (sulfide) groups is 1. The summed E-state index contributed by atoms with van der Waals surface area (Å²) < 4.78 is 30.4. The molecule has 0 aliphatic carbocycles. The highest BCUT2D eigenvalue weighted by molar-refractivity contribution is 7.99. The fourth-order valence-corrected chi connectivity index (χ4v) is 4.35. The van der Waals surface area contributed by atoms with Gasteiger partial charge in [-0.3, -0.25) is 9.59 Å². The highest BCUT2D eigenvalue weighted by atomic mass is 32.2. The molecule has 0 fully saturated rings. The number of sulfone groups is 1. The van der Waals surface area contributed by atoms with Crippen LogP contribution in [0.15, 0.2) is 74.5 Å². The lowest BCUT2D eigenvalue weighted by molar-refractivity contribution is -0.113. The number of hydrogen-bond acceptors (Lipinski definition) is 7. The standard InChI is InChI=1S/C20H19N3O5S2/c1-13-3-9-16(10-4-13)30(26,27)17-11-21-20(23-19(17)25)29-12-18(24)22-14-5-7-15(28-2)8-6-14/h3-11H,12H2,1-2H3,(H,22,24)(H,21,23,25). The van der Waals surface area contributed by atoms with Gasteiger partial charge in [0.25, 0.3) is 5.56 Å². The normalized spacial score (nSPS) is 11.1. The molecule has 0 spiro atoms. The number of H-pyrrole nitrogens is 1. The Morgan fingerprint density at radius 1 is 1.13 bits per heavy atom. The molecule has 0 unspecified atom stereocenters. The fourth-order valence-electron chi connectivity index (χ4n) is 2.48. The van der Waals surface area contributed by atoms with Crippen LogP contribution >= 0.6 is 11.8 Å². The number of carbonyl (C=O) groups is 1. The number of aromatic nitrogens is 2. The minimum absolute atomic E-state index is 0.0136. The second-order valence-corrected chi connectivity index (χ2v) is 9.15. The molecule has 0 atom stereocenters. The lowest BCUT2D eigenvalue weighted by Gasteiger charge is -2.07. The summed E-state index contributed by atoms with van der Waals surface area (Å²) >= 11 is 0.988. The zero-order valence-electron chi connectivity index (χ0n) is 16.2. The van der Waals surface area contributed by atoms with Gasteiger partial charge < -0.3 is 15.0 Å². The predicted molar refractivity (Wildman–Crippen MR) is 114 cm³/mol. The van der Waals surface area contributed by atoms with Crippen LogP contribution in [0.5, 0.6) is 5.75 Å². The van der Waals surface area contributed by atoms with Crippen molar-refractivity contribution in [2.45, 2.75) is 21.9 Å². The molecule has 0 saturated heterocycles. The molecule has 8 nitrogen and oxygen atoms in total. The van der Waals surface area contributed by atoms with Gasteiger partial charge in [0.15, 0.2) is 10.1 Å². The van der Waals surface area contributed by atoms with Crippen LogP contribution < -0.4 is 15.6 Å². The first-order valence-corrected chi connectivity index (χ1v) is 11.2. The number of nitrogens with one attached hydrogen (secondary N) is 2. The highest BCUT2D eigenvalue weighted by Gasteiger charge is 2.22. The number of anilines is 1. The van der Waals surface area contributed by atoms with Crippen molar-refractivity contribution in [2.24, 2.45) is 0 Å². The van der Waals surface area contributed by atoms with Gasteiger partial charge in [-0.25, -0.2) is 13.4 Å². The Bertz CT molecular complexity index is 1200. The number of hydrogen-bond donors (Lipinski definition) is 2. The number of ether oxygens (including phenoxy) is 1. The monoisotopic (exact) mass is 445 g/mol. The Hall–Kier alpha value is -3.11. The third-order valence-corrected chi connectivity index (χ3v) is 6.73. The third kappa shape index (κ3) is 5.08. The van der Waals surface area contributed by atoms with Crippen LogP contribution in [0.25, 0.3) is 0 Å². The van der Waals surface area contributed by atoms with Gasteiger partial charge in [0.2, 0.25) is 15.7 Å². The zero-order valence-corrected chi connectivity index (χ0v) is 17.8. The number of carbonyl (C=O) groups excluding carboxylic acids is 1. The van der Waals surface area contributed by atoms with E-state index in [2.05, 4.69) is 15.3 Å². The molecular formula is C20H19N3O5S2. The number of aromatic amines is 1. The Kier molecular flexibility index (Phi) is 6.58. The average Bonchev–Trinajstić information content (AvgIpc) is 2.73. The van der Waals surface area contributed by atoms with E-state index in [9.17, 15) is 18.0 Å². The van der Waals surface area contributed by atoms with E-state index in [4.69, 9.17) is 4.74 Å². The first-order chi connectivity index (χ1) is 14.3. The van der Waals surface area contributed by atoms with Gasteiger partial charge in [0.05, 0.1) is 24.0 Å². The summed E-state index contributed by atoms with van der Waals surface area (Å²) in [6, 6.07) is 13.0. The Labute approximate surface area is 177 Å². The van der Waals surface area contributed by atoms with Crippen LogP contribution in [0.2, 0.25) is 0 Å². The van der Waals surface area contributed by atoms with Crippen LogP contribution in [0, 0.1) is 6.92 Å². The molecular weight excluding hydrogens is 426 g/mol. The molecule has 3 rings (SSSR count). The topological polar surface area (TPSA) is 118 Å². The Balaban J connectivity index is 1.67. The van der Waals surface area contributed by atoms with E-state index in [0.717, 1.165) is 23.5 Å². The van der Waals surface area contributed by atoms with E-state index in [-0.39, 0.29) is 21.7 Å². The zero-order chi connectivity index (χ0) is 21.7. The van der Waals surface area contributed by atoms with Crippen molar-refractivity contribution >= 4 is 33.2 Å². The maximum absolute atomic E-state index is 12.7. The van der Waals surface area contributed by atoms with Gasteiger partial charge in [-0.15, -0.1) is 0 Å². The van der Waals surface area contributed by atoms with Crippen LogP contribution in [-0.4, -0.2) is 37.2 Å². The van der Waals surface area contributed by atoms with Gasteiger partial charge in [-0.2, -0.15) is 0 Å². The molecule has 0 aliphatic rings. The van der Waals surface area contributed by atoms with E-state index in [1.54, 1.807) is 43.5 Å². The van der Waals surface area contributed by atoms with Crippen LogP contribution in [0.3, 0.4) is 0 Å². The van der Waals surface area contributed by atoms with Crippen LogP contribution in [-0.2, 0) is 14.6 Å². The second kappa shape index (κ2) is 9.14. The van der Waals surface area contributed by atoms with E-state index in [1.807, 2.05) is 6.92 Å². The molecule has 156 valence electrons. The molecule has 0 radical (unpaired) electrons. The van der Waals surface area contributed by atoms with Gasteiger partial charge in [-0.1, -0.05) is 29.5 Å². The van der Waals surface area contributed by atoms with E-state index < -0.39 is 20.3 Å². The van der Waals surface area contributed by atoms with Crippen molar-refractivity contribution in [1.82, 2.24) is 9.97 Å². The van der Waals surface area contributed by atoms with Gasteiger partial charge in [-0.05, 0) is 43.3 Å². The Morgan fingerprint density at radius 3 is 2.40 bits per heavy atom. The molecule has 10 heteroatoms. The molecule has 1 amide bonds. The summed E-state index contributed by atoms with van der Waals surface area (Å²) in [5.41, 5.74) is 0.715. The van der Waals surface area contributed by atoms with E-state index >= 15 is 0 Å². The molecule has 1 aromatic heterocycles. The quantitative estimate of drug-likeness (QED) is 0.424. The molecule has 1 heterocycles. The number of aryl methyl sites for hydroxylation is 1. The van der Waals surface area contributed by atoms with E-state index in [0.29, 0.717) is 11.4 Å². The molecule has 0 aliphatic heterocycles. The highest BCUT2D eigenvalue weighted by Crippen LogP contribution is 2.20. The number of nitrogens with zero attached hydrogens (tertiary/aromatic N) is 1. The molecule has 0 saturated carbocycles. The largest absolute Gasteiger partial charge is 0.497 e. The maximum atomic E-state index is 12.7. The SMILES string of the molecule is COc1ccc(NC(=O)CSc2ncc(S(=O)(=O)c3ccc(C)cc3)c(=O)[nH]2)cc1. The summed E-state index contributed by atoms with van der Waals surface area (Å²) in [4.78, 5) is 30.4. The molecule has 30 heavy (non-hydrogen) atoms. The van der Waals surface area contributed by atoms with Crippen molar-refractivity contribution in [3.8, 4) is 5.75 Å². The minimum Gasteiger partial charge on any atom is -0.497 e. The Morgan fingerprint density at radius 2 is 1.80 bits per heavy atom. The van der Waals surface area contributed by atoms with Crippen LogP contribution in [0.4, 0.5) is 5.69 Å². The van der Waals surface area contributed by atoms with E-state index in [1.165, 1.54) is 12.1 Å². The summed E-state index contributed by atoms with van der Waals surface area (Å²) in [7, 11) is -2.44. The fraction of sp³-hybridized carbons (Fsp3) is 0.150. The first kappa shape index (κ1) is 21.6. The maximum Gasteiger partial charge on any atom is 0.270 e. The summed E-state index contributed by atoms with van der Waals surface area (Å²) in [5, 5.41) is 2.85. The lowest BCUT2D eigenvalue weighted by Crippen LogP contribution is -2.20. The number of amides is 1. The average molecular weight is 446 g/mol. The van der Waals surface area contributed by atoms with Crippen molar-refractivity contribution in [3.63, 3.8) is 0 Å². The van der Waals surface area contributed by atoms with Crippen molar-refractivity contribution < 1.29 is 17.9 Å². The molecule has 2 N–H and O–H groups in total. The van der Waals surface area contributed by atoms with Gasteiger partial charge in [0.1, 0.15) is 5.75 Å². The van der Waals surface area contributed by atoms with Crippen molar-refractivity contribution in [1.29, 1.82) is 0 Å². The van der Waals surface area contributed by atoms with Crippen molar-refractivity contribution in [3.05, 3.63) is 70.6 Å². The smallest absolute Gasteiger partial charge is 0.270 e. The van der Waals surface area contributed by atoms with Gasteiger partial charge >= 0.3 is 0 Å². The van der Waals surface area contributed by atoms with Crippen molar-refractivity contribution in [2.75, 3.05) is 18.2 Å². The molecule has 0 bridgehead atoms. The predicted octanol–water partition coefficient (Wildman–Crippen LogP) is 2.65. The summed E-state index contributed by atoms with van der Waals surface area (Å²) in [6.45, 7) is 1.83. The minimum atomic E-state index is -3.99. The van der Waals surface area contributed by atoms with Gasteiger partial charge in [0, 0.05) is 5.69 Å². The number of benzene rings is 2. The summed E-state index contributed by atoms with van der Waals surface area (Å²) in [5.74, 6) is 0.355. The summed E-state index contributed by atoms with van der Waals surface area (Å²) in [6.07, 6.45) is 1.01. The number of methoxy groups -OCH3 is 1. The first-order valence-electron chi connectivity index (χ1n) is 8.77. The third-order valence-electron chi connectivity index (χ3n) is 4.08. The van der Waals surface area contributed by atoms with Crippen LogP contribution in [0.1, 0.15) is 5.56 Å². The number of rotatable bonds is 7. The lowest BCUT2D eigenvalue weighted by atomic mass is 10.2. The molecule has 3 aromatic rings.